The summed E-state index contributed by atoms with van der Waals surface area (Å²) in [6.07, 6.45) is 10.8. The molecule has 0 unspecified atom stereocenters. The Morgan fingerprint density at radius 3 is 2.61 bits per heavy atom. The van der Waals surface area contributed by atoms with Gasteiger partial charge in [0.2, 0.25) is 17.8 Å². The monoisotopic (exact) mass is 520 g/mol. The van der Waals surface area contributed by atoms with Crippen molar-refractivity contribution in [2.24, 2.45) is 0 Å². The summed E-state index contributed by atoms with van der Waals surface area (Å²) in [4.78, 5) is 19.5. The van der Waals surface area contributed by atoms with E-state index in [2.05, 4.69) is 44.0 Å². The van der Waals surface area contributed by atoms with E-state index in [1.165, 1.54) is 44.1 Å². The molecule has 4 aromatic rings. The molecule has 0 radical (unpaired) electrons. The molecule has 2 heterocycles. The zero-order valence-electron chi connectivity index (χ0n) is 20.4. The highest BCUT2D eigenvalue weighted by atomic mass is 35.5. The van der Waals surface area contributed by atoms with Crippen molar-refractivity contribution in [1.29, 1.82) is 0 Å². The van der Waals surface area contributed by atoms with Crippen LogP contribution in [-0.4, -0.2) is 33.1 Å². The average Bonchev–Trinajstić information content (AvgIpc) is 2.92. The number of aromatic nitrogens is 4. The van der Waals surface area contributed by atoms with Crippen molar-refractivity contribution in [1.82, 2.24) is 19.9 Å². The number of anilines is 2. The van der Waals surface area contributed by atoms with Crippen LogP contribution in [0.1, 0.15) is 44.6 Å². The summed E-state index contributed by atoms with van der Waals surface area (Å²) >= 11 is 7.61. The number of methoxy groups -OCH3 is 1. The number of halogens is 1. The molecule has 1 aliphatic rings. The lowest BCUT2D eigenvalue weighted by atomic mass is 9.96. The summed E-state index contributed by atoms with van der Waals surface area (Å²) in [5.41, 5.74) is 3.91. The van der Waals surface area contributed by atoms with Crippen molar-refractivity contribution in [3.63, 3.8) is 0 Å². The first-order valence-electron chi connectivity index (χ1n) is 12.3. The molecule has 7 nitrogen and oxygen atoms in total. The third-order valence-corrected chi connectivity index (χ3v) is 7.73. The SMILES string of the molecule is CCc1cc(-c2cnc(NSc3ccccc3Cl)nc2OC)cc2cnc(NC3CCCCC3)nc12. The standard InChI is InChI=1S/C27H29ClN6OS/c1-3-17-13-18(14-19-15-29-26(32-24(17)19)31-20-9-5-4-6-10-20)21-16-30-27(33-25(21)35-2)34-36-23-12-8-7-11-22(23)28/h7-8,11-16,20H,3-6,9-10H2,1-2H3,(H,29,31,32)(H,30,33,34). The second kappa shape index (κ2) is 11.3. The first-order chi connectivity index (χ1) is 17.6. The van der Waals surface area contributed by atoms with Gasteiger partial charge < -0.3 is 10.1 Å². The predicted octanol–water partition coefficient (Wildman–Crippen LogP) is 7.18. The molecule has 0 saturated heterocycles. The lowest BCUT2D eigenvalue weighted by Gasteiger charge is -2.22. The number of benzene rings is 2. The van der Waals surface area contributed by atoms with E-state index in [9.17, 15) is 0 Å². The summed E-state index contributed by atoms with van der Waals surface area (Å²) in [6, 6.07) is 12.3. The van der Waals surface area contributed by atoms with E-state index in [0.29, 0.717) is 28.8 Å². The normalized spacial score (nSPS) is 14.1. The molecule has 1 saturated carbocycles. The van der Waals surface area contributed by atoms with Gasteiger partial charge in [-0.25, -0.2) is 15.0 Å². The van der Waals surface area contributed by atoms with E-state index in [1.54, 1.807) is 13.3 Å². The largest absolute Gasteiger partial charge is 0.480 e. The molecule has 2 aromatic carbocycles. The van der Waals surface area contributed by atoms with Gasteiger partial charge in [-0.15, -0.1) is 0 Å². The molecule has 0 amide bonds. The van der Waals surface area contributed by atoms with E-state index in [-0.39, 0.29) is 0 Å². The quantitative estimate of drug-likeness (QED) is 0.236. The van der Waals surface area contributed by atoms with Gasteiger partial charge in [0.15, 0.2) is 0 Å². The molecule has 36 heavy (non-hydrogen) atoms. The maximum atomic E-state index is 6.25. The Hall–Kier alpha value is -3.10. The number of rotatable bonds is 8. The van der Waals surface area contributed by atoms with E-state index >= 15 is 0 Å². The summed E-state index contributed by atoms with van der Waals surface area (Å²) in [7, 11) is 1.62. The van der Waals surface area contributed by atoms with Crippen LogP contribution in [0.5, 0.6) is 5.88 Å². The van der Waals surface area contributed by atoms with Gasteiger partial charge in [0.1, 0.15) is 0 Å². The van der Waals surface area contributed by atoms with Crippen LogP contribution in [0.25, 0.3) is 22.0 Å². The van der Waals surface area contributed by atoms with Gasteiger partial charge >= 0.3 is 0 Å². The fraction of sp³-hybridized carbons (Fsp3) is 0.333. The Kier molecular flexibility index (Phi) is 7.72. The van der Waals surface area contributed by atoms with Crippen LogP contribution >= 0.6 is 23.5 Å². The van der Waals surface area contributed by atoms with Crippen molar-refractivity contribution in [2.45, 2.75) is 56.4 Å². The lowest BCUT2D eigenvalue weighted by Crippen LogP contribution is -2.23. The molecule has 0 bridgehead atoms. The molecule has 0 spiro atoms. The zero-order valence-corrected chi connectivity index (χ0v) is 22.0. The Balaban J connectivity index is 1.41. The minimum atomic E-state index is 0.443. The van der Waals surface area contributed by atoms with Gasteiger partial charge in [-0.3, -0.25) is 4.72 Å². The topological polar surface area (TPSA) is 84.9 Å². The highest BCUT2D eigenvalue weighted by Gasteiger charge is 2.17. The fourth-order valence-corrected chi connectivity index (χ4v) is 5.40. The van der Waals surface area contributed by atoms with Crippen molar-refractivity contribution in [2.75, 3.05) is 17.1 Å². The van der Waals surface area contributed by atoms with Crippen molar-refractivity contribution < 1.29 is 4.74 Å². The van der Waals surface area contributed by atoms with Gasteiger partial charge in [-0.1, -0.05) is 49.9 Å². The molecule has 9 heteroatoms. The van der Waals surface area contributed by atoms with Crippen LogP contribution in [-0.2, 0) is 6.42 Å². The number of ether oxygens (including phenoxy) is 1. The van der Waals surface area contributed by atoms with Gasteiger partial charge in [0.05, 0.1) is 23.2 Å². The lowest BCUT2D eigenvalue weighted by molar-refractivity contribution is 0.399. The van der Waals surface area contributed by atoms with Gasteiger partial charge in [-0.2, -0.15) is 4.98 Å². The second-order valence-corrected chi connectivity index (χ2v) is 10.1. The zero-order chi connectivity index (χ0) is 24.9. The smallest absolute Gasteiger partial charge is 0.236 e. The Labute approximate surface area is 220 Å². The first kappa shape index (κ1) is 24.6. The number of nitrogens with one attached hydrogen (secondary N) is 2. The van der Waals surface area contributed by atoms with E-state index in [0.717, 1.165) is 38.9 Å². The number of fused-ring (bicyclic) bond motifs is 1. The van der Waals surface area contributed by atoms with Crippen LogP contribution in [0.4, 0.5) is 11.9 Å². The van der Waals surface area contributed by atoms with Crippen LogP contribution in [0, 0.1) is 0 Å². The highest BCUT2D eigenvalue weighted by Crippen LogP contribution is 2.34. The fourth-order valence-electron chi connectivity index (χ4n) is 4.54. The van der Waals surface area contributed by atoms with Crippen LogP contribution in [0.2, 0.25) is 5.02 Å². The van der Waals surface area contributed by atoms with E-state index in [4.69, 9.17) is 21.3 Å². The third kappa shape index (κ3) is 5.50. The van der Waals surface area contributed by atoms with Crippen LogP contribution < -0.4 is 14.8 Å². The predicted molar refractivity (Wildman–Crippen MR) is 148 cm³/mol. The molecule has 0 atom stereocenters. The molecule has 186 valence electrons. The molecule has 0 aliphatic heterocycles. The van der Waals surface area contributed by atoms with E-state index < -0.39 is 0 Å². The van der Waals surface area contributed by atoms with Crippen molar-refractivity contribution >= 4 is 46.3 Å². The van der Waals surface area contributed by atoms with Gasteiger partial charge in [0, 0.05) is 28.7 Å². The molecular weight excluding hydrogens is 492 g/mol. The highest BCUT2D eigenvalue weighted by molar-refractivity contribution is 8.00. The van der Waals surface area contributed by atoms with E-state index in [1.807, 2.05) is 30.5 Å². The maximum absolute atomic E-state index is 6.25. The molecule has 2 aromatic heterocycles. The number of hydrogen-bond acceptors (Lipinski definition) is 8. The van der Waals surface area contributed by atoms with Crippen molar-refractivity contribution in [3.05, 3.63) is 59.4 Å². The number of hydrogen-bond donors (Lipinski definition) is 2. The van der Waals surface area contributed by atoms with Gasteiger partial charge in [0.25, 0.3) is 0 Å². The summed E-state index contributed by atoms with van der Waals surface area (Å²) in [5.74, 6) is 1.65. The average molecular weight is 521 g/mol. The second-order valence-electron chi connectivity index (χ2n) is 8.85. The van der Waals surface area contributed by atoms with Gasteiger partial charge in [-0.05, 0) is 66.6 Å². The number of aryl methyl sites for hydroxylation is 1. The molecule has 1 fully saturated rings. The summed E-state index contributed by atoms with van der Waals surface area (Å²) in [5, 5.41) is 5.19. The third-order valence-electron chi connectivity index (χ3n) is 6.43. The molecule has 2 N–H and O–H groups in total. The number of nitrogens with zero attached hydrogens (tertiary/aromatic N) is 4. The Bertz CT molecular complexity index is 1360. The van der Waals surface area contributed by atoms with Crippen LogP contribution in [0.15, 0.2) is 53.7 Å². The minimum absolute atomic E-state index is 0.443. The Morgan fingerprint density at radius 1 is 1.03 bits per heavy atom. The van der Waals surface area contributed by atoms with Crippen molar-refractivity contribution in [3.8, 4) is 17.0 Å². The molecule has 5 rings (SSSR count). The molecular formula is C27H29ClN6OS. The first-order valence-corrected chi connectivity index (χ1v) is 13.5. The summed E-state index contributed by atoms with van der Waals surface area (Å²) in [6.45, 7) is 2.14. The molecule has 1 aliphatic carbocycles. The van der Waals surface area contributed by atoms with Crippen LogP contribution in [0.3, 0.4) is 0 Å². The summed E-state index contributed by atoms with van der Waals surface area (Å²) < 4.78 is 8.79. The Morgan fingerprint density at radius 2 is 1.83 bits per heavy atom. The minimum Gasteiger partial charge on any atom is -0.480 e. The maximum Gasteiger partial charge on any atom is 0.236 e.